The zero-order valence-corrected chi connectivity index (χ0v) is 28.4. The van der Waals surface area contributed by atoms with Crippen LogP contribution in [0.5, 0.6) is 0 Å². The minimum atomic E-state index is -3.23. The van der Waals surface area contributed by atoms with E-state index in [1.165, 1.54) is 0 Å². The maximum absolute atomic E-state index is 15.5. The predicted octanol–water partition coefficient (Wildman–Crippen LogP) is 9.21. The molecular formula is C44H35N4OP. The van der Waals surface area contributed by atoms with Crippen molar-refractivity contribution >= 4 is 40.2 Å². The molecule has 0 saturated heterocycles. The Hall–Kier alpha value is -5.77. The highest BCUT2D eigenvalue weighted by Gasteiger charge is 2.31. The van der Waals surface area contributed by atoms with E-state index in [1.807, 2.05) is 66.7 Å². The maximum Gasteiger partial charge on any atom is 0.171 e. The molecule has 2 atom stereocenters. The van der Waals surface area contributed by atoms with E-state index >= 15 is 4.57 Å². The van der Waals surface area contributed by atoms with Crippen LogP contribution in [0, 0.1) is 0 Å². The number of nitrogens with zero attached hydrogens (tertiary/aromatic N) is 4. The molecule has 5 aromatic carbocycles. The summed E-state index contributed by atoms with van der Waals surface area (Å²) in [5.74, 6) is 1.80. The molecule has 0 fully saturated rings. The number of aryl methyl sites for hydroxylation is 1. The first kappa shape index (κ1) is 30.3. The Morgan fingerprint density at radius 3 is 1.96 bits per heavy atom. The highest BCUT2D eigenvalue weighted by molar-refractivity contribution is 7.85. The lowest BCUT2D eigenvalue weighted by atomic mass is 10.1. The third-order valence-electron chi connectivity index (χ3n) is 9.81. The van der Waals surface area contributed by atoms with Crippen molar-refractivity contribution in [1.82, 2.24) is 19.1 Å². The molecule has 0 radical (unpaired) electrons. The molecule has 0 saturated carbocycles. The molecule has 2 aliphatic rings. The first-order chi connectivity index (χ1) is 24.7. The summed E-state index contributed by atoms with van der Waals surface area (Å²) in [6.07, 6.45) is 15.9. The Balaban J connectivity index is 1.13. The molecule has 242 valence electrons. The summed E-state index contributed by atoms with van der Waals surface area (Å²) in [5, 5.41) is 2.38. The Morgan fingerprint density at radius 2 is 1.26 bits per heavy atom. The van der Waals surface area contributed by atoms with Gasteiger partial charge in [-0.05, 0) is 49.6 Å². The largest absolute Gasteiger partial charge is 0.317 e. The van der Waals surface area contributed by atoms with Gasteiger partial charge in [-0.25, -0.2) is 9.97 Å². The number of para-hydroxylation sites is 3. The van der Waals surface area contributed by atoms with E-state index in [0.717, 1.165) is 86.1 Å². The van der Waals surface area contributed by atoms with Crippen LogP contribution in [0.3, 0.4) is 0 Å². The fourth-order valence-corrected chi connectivity index (χ4v) is 9.97. The summed E-state index contributed by atoms with van der Waals surface area (Å²) in [4.78, 5) is 10.2. The molecular weight excluding hydrogens is 631 g/mol. The van der Waals surface area contributed by atoms with Gasteiger partial charge in [0.25, 0.3) is 0 Å². The topological polar surface area (TPSA) is 52.7 Å². The number of hydrogen-bond donors (Lipinski definition) is 0. The predicted molar refractivity (Wildman–Crippen MR) is 206 cm³/mol. The van der Waals surface area contributed by atoms with E-state index < -0.39 is 7.14 Å². The van der Waals surface area contributed by atoms with Crippen LogP contribution >= 0.6 is 7.14 Å². The van der Waals surface area contributed by atoms with Crippen molar-refractivity contribution in [3.05, 3.63) is 175 Å². The van der Waals surface area contributed by atoms with E-state index in [2.05, 4.69) is 112 Å². The Labute approximate surface area is 292 Å². The third kappa shape index (κ3) is 5.14. The second-order valence-corrected chi connectivity index (χ2v) is 15.6. The minimum absolute atomic E-state index is 0.176. The van der Waals surface area contributed by atoms with Crippen molar-refractivity contribution < 1.29 is 4.57 Å². The van der Waals surface area contributed by atoms with Crippen molar-refractivity contribution in [3.8, 4) is 28.5 Å². The van der Waals surface area contributed by atoms with Gasteiger partial charge < -0.3 is 9.13 Å². The van der Waals surface area contributed by atoms with Crippen LogP contribution in [0.15, 0.2) is 164 Å². The fraction of sp³-hybridized carbons (Fsp3) is 0.0909. The van der Waals surface area contributed by atoms with Crippen molar-refractivity contribution in [1.29, 1.82) is 0 Å². The van der Waals surface area contributed by atoms with Crippen LogP contribution in [0.25, 0.3) is 45.6 Å². The average molecular weight is 667 g/mol. The summed E-state index contributed by atoms with van der Waals surface area (Å²) < 4.78 is 20.1. The Bertz CT molecular complexity index is 2470. The van der Waals surface area contributed by atoms with Crippen molar-refractivity contribution in [2.75, 3.05) is 0 Å². The SMILES string of the molecule is O=P(c1ccccc1)(c1ccc(-c2nc3c(n2-c2ccccc2)C=CCC3)cc1)c1ccc(-c2nc3ccccc3n2C2C=CC=CC2)cc1. The summed E-state index contributed by atoms with van der Waals surface area (Å²) >= 11 is 0. The lowest BCUT2D eigenvalue weighted by Gasteiger charge is -2.21. The number of imidazole rings is 2. The van der Waals surface area contributed by atoms with Gasteiger partial charge in [0.05, 0.1) is 28.5 Å². The zero-order valence-electron chi connectivity index (χ0n) is 27.5. The van der Waals surface area contributed by atoms with Crippen LogP contribution in [-0.4, -0.2) is 19.1 Å². The number of fused-ring (bicyclic) bond motifs is 2. The monoisotopic (exact) mass is 666 g/mol. The standard InChI is InChI=1S/C44H35N4OP/c49-50(36-18-8-3-9-19-36,37-28-24-32(25-29-37)43-45-39-20-10-12-22-41(39)47(43)34-14-4-1-5-15-34)38-30-26-33(27-31-38)44-46-40-21-11-13-23-42(40)48(44)35-16-6-2-7-17-35/h1-10,12-14,16-20,22-31,34H,11,15,21H2. The van der Waals surface area contributed by atoms with Crippen molar-refractivity contribution in [3.63, 3.8) is 0 Å². The number of rotatable bonds is 7. The Morgan fingerprint density at radius 1 is 0.620 bits per heavy atom. The molecule has 50 heavy (non-hydrogen) atoms. The summed E-state index contributed by atoms with van der Waals surface area (Å²) in [7, 11) is -3.23. The summed E-state index contributed by atoms with van der Waals surface area (Å²) in [6, 6.07) is 45.1. The van der Waals surface area contributed by atoms with E-state index in [-0.39, 0.29) is 6.04 Å². The smallest absolute Gasteiger partial charge is 0.171 e. The van der Waals surface area contributed by atoms with E-state index in [1.54, 1.807) is 0 Å². The number of allylic oxidation sites excluding steroid dienone is 5. The van der Waals surface area contributed by atoms with Crippen LogP contribution < -0.4 is 15.9 Å². The van der Waals surface area contributed by atoms with Crippen LogP contribution in [-0.2, 0) is 11.0 Å². The van der Waals surface area contributed by atoms with Gasteiger partial charge in [0.15, 0.2) is 7.14 Å². The van der Waals surface area contributed by atoms with Gasteiger partial charge >= 0.3 is 0 Å². The molecule has 7 aromatic rings. The molecule has 0 N–H and O–H groups in total. The molecule has 0 aliphatic heterocycles. The van der Waals surface area contributed by atoms with Crippen LogP contribution in [0.2, 0.25) is 0 Å². The number of benzene rings is 5. The number of hydrogen-bond acceptors (Lipinski definition) is 3. The van der Waals surface area contributed by atoms with Gasteiger partial charge in [-0.2, -0.15) is 0 Å². The molecule has 2 aliphatic carbocycles. The number of aromatic nitrogens is 4. The molecule has 0 amide bonds. The van der Waals surface area contributed by atoms with Gasteiger partial charge in [0, 0.05) is 32.7 Å². The lowest BCUT2D eigenvalue weighted by Crippen LogP contribution is -2.25. The zero-order chi connectivity index (χ0) is 33.5. The molecule has 0 spiro atoms. The molecule has 2 unspecified atom stereocenters. The lowest BCUT2D eigenvalue weighted by molar-refractivity contribution is 0.592. The van der Waals surface area contributed by atoms with Gasteiger partial charge in [-0.1, -0.05) is 140 Å². The van der Waals surface area contributed by atoms with E-state index in [0.29, 0.717) is 0 Å². The van der Waals surface area contributed by atoms with E-state index in [4.69, 9.17) is 9.97 Å². The molecule has 2 aromatic heterocycles. The first-order valence-corrected chi connectivity index (χ1v) is 18.9. The first-order valence-electron chi connectivity index (χ1n) is 17.2. The molecule has 2 heterocycles. The third-order valence-corrected chi connectivity index (χ3v) is 12.9. The highest BCUT2D eigenvalue weighted by Crippen LogP contribution is 2.43. The van der Waals surface area contributed by atoms with Crippen molar-refractivity contribution in [2.45, 2.75) is 25.3 Å². The van der Waals surface area contributed by atoms with Gasteiger partial charge in [-0.3, -0.25) is 4.57 Å². The van der Waals surface area contributed by atoms with Crippen LogP contribution in [0.4, 0.5) is 0 Å². The normalized spacial score (nSPS) is 16.4. The summed E-state index contributed by atoms with van der Waals surface area (Å²) in [5.41, 5.74) is 7.36. The highest BCUT2D eigenvalue weighted by atomic mass is 31.2. The fourth-order valence-electron chi connectivity index (χ4n) is 7.35. The van der Waals surface area contributed by atoms with Gasteiger partial charge in [0.2, 0.25) is 0 Å². The van der Waals surface area contributed by atoms with Crippen molar-refractivity contribution in [2.24, 2.45) is 0 Å². The second kappa shape index (κ2) is 12.6. The molecule has 9 rings (SSSR count). The van der Waals surface area contributed by atoms with E-state index in [9.17, 15) is 0 Å². The van der Waals surface area contributed by atoms with Crippen LogP contribution in [0.1, 0.15) is 30.3 Å². The average Bonchev–Trinajstić information content (AvgIpc) is 3.78. The maximum atomic E-state index is 15.5. The van der Waals surface area contributed by atoms with Gasteiger partial charge in [-0.15, -0.1) is 0 Å². The summed E-state index contributed by atoms with van der Waals surface area (Å²) in [6.45, 7) is 0. The molecule has 5 nitrogen and oxygen atoms in total. The molecule has 6 heteroatoms. The Kier molecular flexibility index (Phi) is 7.63. The minimum Gasteiger partial charge on any atom is -0.317 e. The second-order valence-electron chi connectivity index (χ2n) is 12.8. The molecule has 0 bridgehead atoms. The quantitative estimate of drug-likeness (QED) is 0.160. The van der Waals surface area contributed by atoms with Gasteiger partial charge in [0.1, 0.15) is 11.6 Å².